The van der Waals surface area contributed by atoms with Gasteiger partial charge in [0, 0.05) is 43.5 Å². The summed E-state index contributed by atoms with van der Waals surface area (Å²) in [6.07, 6.45) is 6.03. The van der Waals surface area contributed by atoms with Crippen LogP contribution in [0, 0.1) is 5.92 Å². The van der Waals surface area contributed by atoms with E-state index in [0.717, 1.165) is 61.7 Å². The van der Waals surface area contributed by atoms with Crippen molar-refractivity contribution in [3.63, 3.8) is 0 Å². The first kappa shape index (κ1) is 21.7. The van der Waals surface area contributed by atoms with E-state index in [1.807, 2.05) is 23.1 Å². The van der Waals surface area contributed by atoms with Crippen molar-refractivity contribution in [2.75, 3.05) is 40.2 Å². The highest BCUT2D eigenvalue weighted by atomic mass is 16.5. The van der Waals surface area contributed by atoms with Crippen LogP contribution >= 0.6 is 0 Å². The molecule has 2 N–H and O–H groups in total. The predicted molar refractivity (Wildman–Crippen MR) is 121 cm³/mol. The van der Waals surface area contributed by atoms with E-state index in [9.17, 15) is 4.79 Å². The lowest BCUT2D eigenvalue weighted by Crippen LogP contribution is -2.44. The Kier molecular flexibility index (Phi) is 6.51. The van der Waals surface area contributed by atoms with Crippen LogP contribution in [-0.2, 0) is 9.53 Å². The lowest BCUT2D eigenvalue weighted by Gasteiger charge is -2.37. The SMILES string of the molecule is COc1cc2cc(N)c([C@@H]3CCCN(C(=O)[C@@H]4CCC[C@@H](OC)C4)C3)nc2cc1OC. The topological polar surface area (TPSA) is 86.9 Å². The van der Waals surface area contributed by atoms with E-state index in [1.54, 1.807) is 21.3 Å². The zero-order chi connectivity index (χ0) is 22.0. The third-order valence-corrected chi connectivity index (χ3v) is 6.81. The number of carbonyl (C=O) groups excluding carboxylic acids is 1. The van der Waals surface area contributed by atoms with Crippen LogP contribution in [0.25, 0.3) is 10.9 Å². The van der Waals surface area contributed by atoms with Gasteiger partial charge in [0.25, 0.3) is 0 Å². The largest absolute Gasteiger partial charge is 0.493 e. The summed E-state index contributed by atoms with van der Waals surface area (Å²) >= 11 is 0. The molecule has 3 atom stereocenters. The fraction of sp³-hybridized carbons (Fsp3) is 0.583. The number of benzene rings is 1. The Morgan fingerprint density at radius 1 is 1.06 bits per heavy atom. The van der Waals surface area contributed by atoms with Gasteiger partial charge in [-0.3, -0.25) is 9.78 Å². The fourth-order valence-corrected chi connectivity index (χ4v) is 5.10. The molecule has 1 saturated heterocycles. The van der Waals surface area contributed by atoms with E-state index in [1.165, 1.54) is 0 Å². The van der Waals surface area contributed by atoms with Crippen LogP contribution in [0.1, 0.15) is 50.1 Å². The van der Waals surface area contributed by atoms with Crippen LogP contribution < -0.4 is 15.2 Å². The monoisotopic (exact) mass is 427 g/mol. The molecular weight excluding hydrogens is 394 g/mol. The van der Waals surface area contributed by atoms with Gasteiger partial charge in [0.1, 0.15) is 0 Å². The highest BCUT2D eigenvalue weighted by Gasteiger charge is 2.34. The third kappa shape index (κ3) is 4.42. The maximum absolute atomic E-state index is 13.2. The van der Waals surface area contributed by atoms with E-state index >= 15 is 0 Å². The standard InChI is InChI=1S/C24H33N3O4/c1-29-18-8-4-6-15(10-18)24(28)27-9-5-7-16(14-27)23-19(25)11-17-12-21(30-2)22(31-3)13-20(17)26-23/h11-13,15-16,18H,4-10,14,25H2,1-3H3/t15-,16-,18-/m1/s1. The number of nitrogens with zero attached hydrogens (tertiary/aromatic N) is 2. The normalized spacial score (nSPS) is 24.2. The lowest BCUT2D eigenvalue weighted by molar-refractivity contribution is -0.139. The number of ether oxygens (including phenoxy) is 3. The minimum absolute atomic E-state index is 0.0658. The molecule has 1 aromatic carbocycles. The molecule has 0 radical (unpaired) electrons. The second-order valence-corrected chi connectivity index (χ2v) is 8.71. The zero-order valence-corrected chi connectivity index (χ0v) is 18.7. The van der Waals surface area contributed by atoms with Crippen LogP contribution in [0.3, 0.4) is 0 Å². The van der Waals surface area contributed by atoms with Crippen molar-refractivity contribution in [1.29, 1.82) is 0 Å². The maximum atomic E-state index is 13.2. The summed E-state index contributed by atoms with van der Waals surface area (Å²) in [5, 5.41) is 0.912. The van der Waals surface area contributed by atoms with Gasteiger partial charge in [0.15, 0.2) is 11.5 Å². The van der Waals surface area contributed by atoms with Gasteiger partial charge in [-0.25, -0.2) is 0 Å². The highest BCUT2D eigenvalue weighted by molar-refractivity contribution is 5.86. The Morgan fingerprint density at radius 3 is 2.58 bits per heavy atom. The summed E-state index contributed by atoms with van der Waals surface area (Å²) in [4.78, 5) is 20.2. The average molecular weight is 428 g/mol. The van der Waals surface area contributed by atoms with Crippen LogP contribution in [-0.4, -0.2) is 56.3 Å². The number of nitrogens with two attached hydrogens (primary N) is 1. The van der Waals surface area contributed by atoms with E-state index in [2.05, 4.69) is 0 Å². The number of piperidine rings is 1. The molecule has 2 fully saturated rings. The molecule has 7 heteroatoms. The van der Waals surface area contributed by atoms with E-state index in [-0.39, 0.29) is 23.8 Å². The molecule has 31 heavy (non-hydrogen) atoms. The number of fused-ring (bicyclic) bond motifs is 1. The van der Waals surface area contributed by atoms with Crippen LogP contribution in [0.2, 0.25) is 0 Å². The number of likely N-dealkylation sites (tertiary alicyclic amines) is 1. The quantitative estimate of drug-likeness (QED) is 0.782. The minimum Gasteiger partial charge on any atom is -0.493 e. The third-order valence-electron chi connectivity index (χ3n) is 6.81. The van der Waals surface area contributed by atoms with Crippen LogP contribution in [0.4, 0.5) is 5.69 Å². The summed E-state index contributed by atoms with van der Waals surface area (Å²) in [6, 6.07) is 5.73. The maximum Gasteiger partial charge on any atom is 0.225 e. The molecule has 1 saturated carbocycles. The van der Waals surface area contributed by atoms with Crippen molar-refractivity contribution in [2.45, 2.75) is 50.5 Å². The lowest BCUT2D eigenvalue weighted by atomic mass is 9.85. The van der Waals surface area contributed by atoms with Gasteiger partial charge < -0.3 is 24.8 Å². The number of aromatic nitrogens is 1. The second-order valence-electron chi connectivity index (χ2n) is 8.71. The zero-order valence-electron chi connectivity index (χ0n) is 18.7. The molecule has 7 nitrogen and oxygen atoms in total. The fourth-order valence-electron chi connectivity index (χ4n) is 5.10. The molecule has 2 heterocycles. The molecule has 1 aliphatic carbocycles. The smallest absolute Gasteiger partial charge is 0.225 e. The molecule has 1 aliphatic heterocycles. The number of carbonyl (C=O) groups is 1. The number of nitrogen functional groups attached to an aromatic ring is 1. The Hall–Kier alpha value is -2.54. The number of amides is 1. The molecule has 1 aromatic heterocycles. The van der Waals surface area contributed by atoms with Gasteiger partial charge in [0.05, 0.1) is 37.2 Å². The summed E-state index contributed by atoms with van der Waals surface area (Å²) < 4.78 is 16.4. The van der Waals surface area contributed by atoms with Crippen molar-refractivity contribution in [1.82, 2.24) is 9.88 Å². The van der Waals surface area contributed by atoms with Crippen molar-refractivity contribution < 1.29 is 19.0 Å². The Bertz CT molecular complexity index is 948. The highest BCUT2D eigenvalue weighted by Crippen LogP contribution is 2.37. The molecule has 0 spiro atoms. The molecule has 2 aliphatic rings. The van der Waals surface area contributed by atoms with E-state index < -0.39 is 0 Å². The summed E-state index contributed by atoms with van der Waals surface area (Å²) in [5.41, 5.74) is 8.78. The van der Waals surface area contributed by atoms with Gasteiger partial charge in [-0.05, 0) is 44.2 Å². The van der Waals surface area contributed by atoms with E-state index in [4.69, 9.17) is 24.9 Å². The number of pyridine rings is 1. The molecule has 0 unspecified atom stereocenters. The van der Waals surface area contributed by atoms with Crippen molar-refractivity contribution in [3.05, 3.63) is 23.9 Å². The van der Waals surface area contributed by atoms with Gasteiger partial charge in [-0.1, -0.05) is 6.42 Å². The van der Waals surface area contributed by atoms with Gasteiger partial charge in [-0.2, -0.15) is 0 Å². The number of hydrogen-bond acceptors (Lipinski definition) is 6. The van der Waals surface area contributed by atoms with Crippen molar-refractivity contribution in [3.8, 4) is 11.5 Å². The van der Waals surface area contributed by atoms with Crippen molar-refractivity contribution >= 4 is 22.5 Å². The first-order valence-corrected chi connectivity index (χ1v) is 11.2. The first-order chi connectivity index (χ1) is 15.0. The molecule has 2 aromatic rings. The van der Waals surface area contributed by atoms with Gasteiger partial charge in [0.2, 0.25) is 5.91 Å². The number of rotatable bonds is 5. The van der Waals surface area contributed by atoms with E-state index in [0.29, 0.717) is 23.7 Å². The molecule has 1 amide bonds. The molecular formula is C24H33N3O4. The first-order valence-electron chi connectivity index (χ1n) is 11.2. The average Bonchev–Trinajstić information content (AvgIpc) is 2.82. The number of anilines is 1. The van der Waals surface area contributed by atoms with Crippen LogP contribution in [0.15, 0.2) is 18.2 Å². The Morgan fingerprint density at radius 2 is 1.84 bits per heavy atom. The van der Waals surface area contributed by atoms with Gasteiger partial charge in [-0.15, -0.1) is 0 Å². The van der Waals surface area contributed by atoms with Crippen LogP contribution in [0.5, 0.6) is 11.5 Å². The van der Waals surface area contributed by atoms with Gasteiger partial charge >= 0.3 is 0 Å². The summed E-state index contributed by atoms with van der Waals surface area (Å²) in [6.45, 7) is 1.48. The minimum atomic E-state index is 0.0658. The second kappa shape index (κ2) is 9.30. The molecule has 168 valence electrons. The Balaban J connectivity index is 1.56. The number of hydrogen-bond donors (Lipinski definition) is 1. The molecule has 4 rings (SSSR count). The predicted octanol–water partition coefficient (Wildman–Crippen LogP) is 3.75. The number of methoxy groups -OCH3 is 3. The molecule has 0 bridgehead atoms. The summed E-state index contributed by atoms with van der Waals surface area (Å²) in [5.74, 6) is 1.76. The van der Waals surface area contributed by atoms with Crippen molar-refractivity contribution in [2.24, 2.45) is 5.92 Å². The Labute approximate surface area is 183 Å². The summed E-state index contributed by atoms with van der Waals surface area (Å²) in [7, 11) is 4.97.